The maximum absolute atomic E-state index is 13.8. The summed E-state index contributed by atoms with van der Waals surface area (Å²) in [6.07, 6.45) is 2.64. The number of hydrogen-bond donors (Lipinski definition) is 2. The molecule has 186 valence electrons. The van der Waals surface area contributed by atoms with Gasteiger partial charge in [0.1, 0.15) is 11.6 Å². The molecule has 1 aliphatic rings. The Morgan fingerprint density at radius 3 is 2.40 bits per heavy atom. The molecule has 4 rings (SSSR count). The smallest absolute Gasteiger partial charge is 0.229 e. The van der Waals surface area contributed by atoms with Gasteiger partial charge in [-0.1, -0.05) is 30.3 Å². The lowest BCUT2D eigenvalue weighted by atomic mass is 9.90. The second-order valence-electron chi connectivity index (χ2n) is 9.27. The van der Waals surface area contributed by atoms with Crippen molar-refractivity contribution in [2.45, 2.75) is 38.9 Å². The third kappa shape index (κ3) is 7.10. The van der Waals surface area contributed by atoms with Crippen LogP contribution < -0.4 is 10.0 Å². The lowest BCUT2D eigenvalue weighted by molar-refractivity contribution is 0.170. The summed E-state index contributed by atoms with van der Waals surface area (Å²) < 4.78 is 53.0. The van der Waals surface area contributed by atoms with Gasteiger partial charge in [-0.25, -0.2) is 17.2 Å². The van der Waals surface area contributed by atoms with E-state index in [2.05, 4.69) is 14.9 Å². The van der Waals surface area contributed by atoms with E-state index in [1.165, 1.54) is 18.2 Å². The van der Waals surface area contributed by atoms with Crippen molar-refractivity contribution in [1.29, 1.82) is 0 Å². The fourth-order valence-electron chi connectivity index (χ4n) is 4.57. The molecule has 35 heavy (non-hydrogen) atoms. The molecule has 3 aromatic rings. The highest BCUT2D eigenvalue weighted by Crippen LogP contribution is 2.26. The zero-order valence-electron chi connectivity index (χ0n) is 20.0. The van der Waals surface area contributed by atoms with Crippen molar-refractivity contribution in [3.05, 3.63) is 100 Å². The van der Waals surface area contributed by atoms with Crippen LogP contribution >= 0.6 is 0 Å². The van der Waals surface area contributed by atoms with Gasteiger partial charge in [0.05, 0.1) is 11.9 Å². The van der Waals surface area contributed by atoms with Gasteiger partial charge in [0.15, 0.2) is 0 Å². The molecule has 1 heterocycles. The molecule has 0 amide bonds. The zero-order valence-corrected chi connectivity index (χ0v) is 20.8. The Labute approximate surface area is 206 Å². The van der Waals surface area contributed by atoms with Crippen LogP contribution in [0.1, 0.15) is 27.8 Å². The van der Waals surface area contributed by atoms with Crippen LogP contribution in [0, 0.1) is 18.6 Å². The molecule has 8 heteroatoms. The largest absolute Gasteiger partial charge is 0.311 e. The van der Waals surface area contributed by atoms with E-state index in [1.807, 2.05) is 43.3 Å². The van der Waals surface area contributed by atoms with Crippen molar-refractivity contribution < 1.29 is 17.2 Å². The van der Waals surface area contributed by atoms with Crippen LogP contribution in [0.2, 0.25) is 0 Å². The monoisotopic (exact) mass is 499 g/mol. The summed E-state index contributed by atoms with van der Waals surface area (Å²) in [6, 6.07) is 17.5. The number of anilines is 1. The van der Waals surface area contributed by atoms with Gasteiger partial charge in [-0.2, -0.15) is 0 Å². The van der Waals surface area contributed by atoms with E-state index < -0.39 is 10.0 Å². The lowest BCUT2D eigenvalue weighted by Crippen LogP contribution is -2.44. The fourth-order valence-corrected chi connectivity index (χ4v) is 5.19. The Morgan fingerprint density at radius 1 is 0.943 bits per heavy atom. The van der Waals surface area contributed by atoms with E-state index in [1.54, 1.807) is 6.07 Å². The molecule has 0 bridgehead atoms. The van der Waals surface area contributed by atoms with Gasteiger partial charge in [0.2, 0.25) is 10.0 Å². The van der Waals surface area contributed by atoms with Crippen molar-refractivity contribution in [1.82, 2.24) is 10.2 Å². The predicted molar refractivity (Wildman–Crippen MR) is 136 cm³/mol. The Kier molecular flexibility index (Phi) is 7.84. The molecule has 0 fully saturated rings. The van der Waals surface area contributed by atoms with Gasteiger partial charge in [0, 0.05) is 32.2 Å². The Morgan fingerprint density at radius 2 is 1.66 bits per heavy atom. The summed E-state index contributed by atoms with van der Waals surface area (Å²) in [5.41, 5.74) is 5.67. The molecule has 1 aliphatic heterocycles. The number of rotatable bonds is 9. The first-order valence-corrected chi connectivity index (χ1v) is 13.6. The second kappa shape index (κ2) is 10.8. The van der Waals surface area contributed by atoms with Crippen molar-refractivity contribution >= 4 is 15.7 Å². The molecule has 1 atom stereocenters. The summed E-state index contributed by atoms with van der Waals surface area (Å²) in [6.45, 7) is 4.74. The Balaban J connectivity index is 1.40. The number of halogens is 2. The summed E-state index contributed by atoms with van der Waals surface area (Å²) in [5.74, 6) is -0.473. The van der Waals surface area contributed by atoms with Gasteiger partial charge in [-0.05, 0) is 77.9 Å². The summed E-state index contributed by atoms with van der Waals surface area (Å²) in [7, 11) is -3.34. The average Bonchev–Trinajstić information content (AvgIpc) is 2.79. The molecule has 0 saturated heterocycles. The van der Waals surface area contributed by atoms with Crippen molar-refractivity contribution in [2.24, 2.45) is 0 Å². The van der Waals surface area contributed by atoms with E-state index in [0.29, 0.717) is 12.2 Å². The minimum atomic E-state index is -3.34. The molecule has 5 nitrogen and oxygen atoms in total. The van der Waals surface area contributed by atoms with Crippen LogP contribution in [0.15, 0.2) is 60.7 Å². The van der Waals surface area contributed by atoms with Crippen LogP contribution in [0.3, 0.4) is 0 Å². The Hall–Kier alpha value is -2.81. The van der Waals surface area contributed by atoms with Gasteiger partial charge >= 0.3 is 0 Å². The van der Waals surface area contributed by atoms with Gasteiger partial charge in [-0.3, -0.25) is 9.62 Å². The highest BCUT2D eigenvalue weighted by Gasteiger charge is 2.26. The first kappa shape index (κ1) is 25.3. The van der Waals surface area contributed by atoms with E-state index in [4.69, 9.17) is 0 Å². The van der Waals surface area contributed by atoms with Crippen LogP contribution in [0.5, 0.6) is 0 Å². The molecule has 0 saturated carbocycles. The molecule has 1 unspecified atom stereocenters. The normalized spacial score (nSPS) is 16.2. The van der Waals surface area contributed by atoms with E-state index in [-0.39, 0.29) is 17.7 Å². The number of aryl methyl sites for hydroxylation is 1. The van der Waals surface area contributed by atoms with Crippen molar-refractivity contribution in [2.75, 3.05) is 24.1 Å². The van der Waals surface area contributed by atoms with Crippen molar-refractivity contribution in [3.63, 3.8) is 0 Å². The Bertz CT molecular complexity index is 1280. The fraction of sp³-hybridized carbons (Fsp3) is 0.333. The van der Waals surface area contributed by atoms with E-state index in [0.717, 1.165) is 66.5 Å². The molecule has 0 aliphatic carbocycles. The SMILES string of the molecule is Cc1ccc(CNCCN2Cc3ccc(F)cc3CC2Cc2ccc(F)cc2)cc1NS(C)(=O)=O. The lowest BCUT2D eigenvalue weighted by Gasteiger charge is -2.37. The molecule has 0 aromatic heterocycles. The van der Waals surface area contributed by atoms with Gasteiger partial charge in [0.25, 0.3) is 0 Å². The quantitative estimate of drug-likeness (QED) is 0.429. The first-order chi connectivity index (χ1) is 16.7. The number of hydrogen-bond acceptors (Lipinski definition) is 4. The maximum Gasteiger partial charge on any atom is 0.229 e. The maximum atomic E-state index is 13.8. The average molecular weight is 500 g/mol. The highest BCUT2D eigenvalue weighted by atomic mass is 32.2. The standard InChI is InChI=1S/C27H31F2N3O2S/c1-19-3-4-21(14-27(19)31-35(2,33)34)17-30-11-12-32-18-22-7-10-25(29)15-23(22)16-26(32)13-20-5-8-24(28)9-6-20/h3-10,14-15,26,30-31H,11-13,16-18H2,1-2H3. The molecule has 3 aromatic carbocycles. The molecule has 0 spiro atoms. The van der Waals surface area contributed by atoms with Crippen LogP contribution in [-0.4, -0.2) is 38.7 Å². The molecular formula is C27H31F2N3O2S. The number of sulfonamides is 1. The van der Waals surface area contributed by atoms with Crippen molar-refractivity contribution in [3.8, 4) is 0 Å². The number of fused-ring (bicyclic) bond motifs is 1. The summed E-state index contributed by atoms with van der Waals surface area (Å²) >= 11 is 0. The summed E-state index contributed by atoms with van der Waals surface area (Å²) in [4.78, 5) is 2.39. The highest BCUT2D eigenvalue weighted by molar-refractivity contribution is 7.92. The van der Waals surface area contributed by atoms with E-state index >= 15 is 0 Å². The van der Waals surface area contributed by atoms with Gasteiger partial charge < -0.3 is 5.32 Å². The number of nitrogens with zero attached hydrogens (tertiary/aromatic N) is 1. The third-order valence-electron chi connectivity index (χ3n) is 6.40. The van der Waals surface area contributed by atoms with Gasteiger partial charge in [-0.15, -0.1) is 0 Å². The van der Waals surface area contributed by atoms with Crippen LogP contribution in [0.4, 0.5) is 14.5 Å². The van der Waals surface area contributed by atoms with Crippen LogP contribution in [0.25, 0.3) is 0 Å². The minimum Gasteiger partial charge on any atom is -0.311 e. The topological polar surface area (TPSA) is 61.4 Å². The zero-order chi connectivity index (χ0) is 25.0. The minimum absolute atomic E-state index is 0.182. The molecule has 2 N–H and O–H groups in total. The second-order valence-corrected chi connectivity index (χ2v) is 11.0. The predicted octanol–water partition coefficient (Wildman–Crippen LogP) is 4.40. The first-order valence-electron chi connectivity index (χ1n) is 11.7. The molecular weight excluding hydrogens is 468 g/mol. The van der Waals surface area contributed by atoms with E-state index in [9.17, 15) is 17.2 Å². The summed E-state index contributed by atoms with van der Waals surface area (Å²) in [5, 5.41) is 3.45. The number of benzene rings is 3. The number of nitrogens with one attached hydrogen (secondary N) is 2. The molecule has 0 radical (unpaired) electrons. The third-order valence-corrected chi connectivity index (χ3v) is 6.99. The van der Waals surface area contributed by atoms with Crippen LogP contribution in [-0.2, 0) is 36.0 Å².